The number of amides is 2. The molecule has 2 amide bonds. The predicted octanol–water partition coefficient (Wildman–Crippen LogP) is 1.99. The van der Waals surface area contributed by atoms with Crippen LogP contribution >= 0.6 is 0 Å². The number of nitrogens with zero attached hydrogens (tertiary/aromatic N) is 1. The molecule has 0 bridgehead atoms. The van der Waals surface area contributed by atoms with Gasteiger partial charge in [0.05, 0.1) is 5.54 Å². The maximum Gasteiger partial charge on any atom is 0.471 e. The van der Waals surface area contributed by atoms with Gasteiger partial charge in [0.1, 0.15) is 0 Å². The summed E-state index contributed by atoms with van der Waals surface area (Å²) in [7, 11) is 0. The number of halogens is 6. The molecule has 1 aliphatic heterocycles. The van der Waals surface area contributed by atoms with Crippen LogP contribution in [0, 0.1) is 0 Å². The van der Waals surface area contributed by atoms with Crippen molar-refractivity contribution in [2.75, 3.05) is 19.6 Å². The molecule has 11 heteroatoms. The highest BCUT2D eigenvalue weighted by atomic mass is 19.4. The lowest BCUT2D eigenvalue weighted by Gasteiger charge is -2.31. The lowest BCUT2D eigenvalue weighted by molar-refractivity contribution is -0.177. The van der Waals surface area contributed by atoms with Crippen LogP contribution in [0.2, 0.25) is 0 Å². The smallest absolute Gasteiger partial charge is 0.346 e. The van der Waals surface area contributed by atoms with Crippen molar-refractivity contribution >= 4 is 11.8 Å². The zero-order valence-corrected chi connectivity index (χ0v) is 14.0. The van der Waals surface area contributed by atoms with Gasteiger partial charge in [0.15, 0.2) is 0 Å². The minimum Gasteiger partial charge on any atom is -0.346 e. The largest absolute Gasteiger partial charge is 0.471 e. The van der Waals surface area contributed by atoms with Crippen LogP contribution in [0.25, 0.3) is 0 Å². The van der Waals surface area contributed by atoms with E-state index >= 15 is 0 Å². The molecule has 1 heterocycles. The fourth-order valence-corrected chi connectivity index (χ4v) is 2.89. The predicted molar refractivity (Wildman–Crippen MR) is 82.3 cm³/mol. The molecule has 1 aromatic carbocycles. The molecule has 2 rings (SSSR count). The van der Waals surface area contributed by atoms with Crippen LogP contribution < -0.4 is 10.6 Å². The summed E-state index contributed by atoms with van der Waals surface area (Å²) in [6.07, 6.45) is -10.4. The zero-order valence-electron chi connectivity index (χ0n) is 14.0. The van der Waals surface area contributed by atoms with E-state index in [0.29, 0.717) is 6.54 Å². The van der Waals surface area contributed by atoms with Crippen molar-refractivity contribution < 1.29 is 35.9 Å². The molecule has 2 N–H and O–H groups in total. The fourth-order valence-electron chi connectivity index (χ4n) is 2.89. The van der Waals surface area contributed by atoms with Crippen molar-refractivity contribution in [1.29, 1.82) is 0 Å². The Kier molecular flexibility index (Phi) is 6.03. The molecule has 1 aromatic rings. The van der Waals surface area contributed by atoms with Crippen molar-refractivity contribution in [2.45, 2.75) is 30.9 Å². The molecule has 0 spiro atoms. The van der Waals surface area contributed by atoms with Gasteiger partial charge >= 0.3 is 24.2 Å². The van der Waals surface area contributed by atoms with E-state index in [9.17, 15) is 35.9 Å². The third kappa shape index (κ3) is 5.84. The van der Waals surface area contributed by atoms with E-state index < -0.39 is 36.3 Å². The molecular weight excluding hydrogens is 380 g/mol. The maximum absolute atomic E-state index is 12.6. The van der Waals surface area contributed by atoms with Gasteiger partial charge in [-0.3, -0.25) is 14.5 Å². The molecule has 1 atom stereocenters. The molecular formula is C16H17F6N3O2. The van der Waals surface area contributed by atoms with Crippen LogP contribution in [0.15, 0.2) is 30.3 Å². The molecule has 0 aliphatic carbocycles. The Morgan fingerprint density at radius 2 is 1.59 bits per heavy atom. The second-order valence-electron chi connectivity index (χ2n) is 6.36. The summed E-state index contributed by atoms with van der Waals surface area (Å²) < 4.78 is 75.0. The fraction of sp³-hybridized carbons (Fsp3) is 0.500. The number of likely N-dealkylation sites (tertiary alicyclic amines) is 1. The molecule has 27 heavy (non-hydrogen) atoms. The second-order valence-corrected chi connectivity index (χ2v) is 6.36. The Balaban J connectivity index is 2.10. The number of hydrogen-bond acceptors (Lipinski definition) is 3. The lowest BCUT2D eigenvalue weighted by Crippen LogP contribution is -2.60. The number of carbonyl (C=O) groups is 2. The van der Waals surface area contributed by atoms with Gasteiger partial charge in [-0.15, -0.1) is 0 Å². The summed E-state index contributed by atoms with van der Waals surface area (Å²) in [5.74, 6) is -4.53. The molecule has 1 saturated heterocycles. The zero-order chi connectivity index (χ0) is 20.3. The molecule has 150 valence electrons. The lowest BCUT2D eigenvalue weighted by atomic mass is 9.98. The third-order valence-electron chi connectivity index (χ3n) is 4.16. The average molecular weight is 397 g/mol. The number of rotatable bonds is 5. The van der Waals surface area contributed by atoms with E-state index in [1.165, 1.54) is 0 Å². The van der Waals surface area contributed by atoms with Gasteiger partial charge in [0.2, 0.25) is 0 Å². The van der Waals surface area contributed by atoms with E-state index in [1.807, 2.05) is 0 Å². The number of carbonyl (C=O) groups excluding carboxylic acids is 2. The summed E-state index contributed by atoms with van der Waals surface area (Å²) >= 11 is 0. The number of alkyl halides is 6. The maximum atomic E-state index is 12.6. The Morgan fingerprint density at radius 3 is 2.15 bits per heavy atom. The first-order valence-electron chi connectivity index (χ1n) is 7.92. The quantitative estimate of drug-likeness (QED) is 0.748. The molecule has 0 radical (unpaired) electrons. The second kappa shape index (κ2) is 7.75. The first-order valence-corrected chi connectivity index (χ1v) is 7.92. The van der Waals surface area contributed by atoms with E-state index in [4.69, 9.17) is 0 Å². The molecule has 1 aliphatic rings. The van der Waals surface area contributed by atoms with Gasteiger partial charge in [0, 0.05) is 26.2 Å². The highest BCUT2D eigenvalue weighted by Crippen LogP contribution is 2.26. The number of benzene rings is 1. The number of hydrogen-bond donors (Lipinski definition) is 2. The van der Waals surface area contributed by atoms with Crippen LogP contribution in [-0.2, 0) is 16.1 Å². The summed E-state index contributed by atoms with van der Waals surface area (Å²) in [5.41, 5.74) is -0.794. The van der Waals surface area contributed by atoms with E-state index in [2.05, 4.69) is 0 Å². The van der Waals surface area contributed by atoms with Crippen LogP contribution in [0.5, 0.6) is 0 Å². The van der Waals surface area contributed by atoms with Crippen LogP contribution in [0.3, 0.4) is 0 Å². The molecule has 0 aromatic heterocycles. The van der Waals surface area contributed by atoms with Gasteiger partial charge in [-0.05, 0) is 12.0 Å². The van der Waals surface area contributed by atoms with Gasteiger partial charge in [-0.25, -0.2) is 0 Å². The van der Waals surface area contributed by atoms with Gasteiger partial charge < -0.3 is 10.6 Å². The third-order valence-corrected chi connectivity index (χ3v) is 4.16. The summed E-state index contributed by atoms with van der Waals surface area (Å²) in [4.78, 5) is 24.1. The van der Waals surface area contributed by atoms with Crippen molar-refractivity contribution in [3.63, 3.8) is 0 Å². The summed E-state index contributed by atoms with van der Waals surface area (Å²) in [5, 5.41) is 3.34. The summed E-state index contributed by atoms with van der Waals surface area (Å²) in [6, 6.07) is 8.91. The van der Waals surface area contributed by atoms with Gasteiger partial charge in [-0.2, -0.15) is 26.3 Å². The van der Waals surface area contributed by atoms with Crippen molar-refractivity contribution in [3.8, 4) is 0 Å². The average Bonchev–Trinajstić information content (AvgIpc) is 2.95. The van der Waals surface area contributed by atoms with Gasteiger partial charge in [0.25, 0.3) is 0 Å². The molecule has 0 saturated carbocycles. The molecule has 1 fully saturated rings. The molecule has 5 nitrogen and oxygen atoms in total. The van der Waals surface area contributed by atoms with Gasteiger partial charge in [-0.1, -0.05) is 30.3 Å². The Hall–Kier alpha value is -2.30. The van der Waals surface area contributed by atoms with E-state index in [-0.39, 0.29) is 19.5 Å². The Bertz CT molecular complexity index is 677. The highest BCUT2D eigenvalue weighted by molar-refractivity contribution is 5.83. The molecule has 1 unspecified atom stereocenters. The minimum absolute atomic E-state index is 0.0419. The van der Waals surface area contributed by atoms with Crippen molar-refractivity contribution in [2.24, 2.45) is 0 Å². The normalized spacial score (nSPS) is 21.1. The topological polar surface area (TPSA) is 61.4 Å². The first-order chi connectivity index (χ1) is 12.4. The summed E-state index contributed by atoms with van der Waals surface area (Å²) in [6.45, 7) is -0.313. The standard InChI is InChI=1S/C16H17F6N3O2/c17-15(18,19)12(26)23-9-14(24-13(27)16(20,21)22)6-7-25(10-14)8-11-4-2-1-3-5-11/h1-5H,6-10H2,(H,23,26)(H,24,27). The number of nitrogens with one attached hydrogen (secondary N) is 2. The van der Waals surface area contributed by atoms with E-state index in [1.54, 1.807) is 45.9 Å². The monoisotopic (exact) mass is 397 g/mol. The van der Waals surface area contributed by atoms with Crippen molar-refractivity contribution in [3.05, 3.63) is 35.9 Å². The highest BCUT2D eigenvalue weighted by Gasteiger charge is 2.48. The van der Waals surface area contributed by atoms with Crippen LogP contribution in [-0.4, -0.2) is 54.2 Å². The SMILES string of the molecule is O=C(NCC1(NC(=O)C(F)(F)F)CCN(Cc2ccccc2)C1)C(F)(F)F. The first kappa shape index (κ1) is 21.0. The Morgan fingerprint density at radius 1 is 1.00 bits per heavy atom. The van der Waals surface area contributed by atoms with Crippen LogP contribution in [0.4, 0.5) is 26.3 Å². The van der Waals surface area contributed by atoms with Crippen LogP contribution in [0.1, 0.15) is 12.0 Å². The Labute approximate surface area is 150 Å². The minimum atomic E-state index is -5.19. The van der Waals surface area contributed by atoms with Crippen molar-refractivity contribution in [1.82, 2.24) is 15.5 Å². The van der Waals surface area contributed by atoms with E-state index in [0.717, 1.165) is 5.56 Å².